The Kier molecular flexibility index (Phi) is 4.48. The summed E-state index contributed by atoms with van der Waals surface area (Å²) in [4.78, 5) is 4.14. The second kappa shape index (κ2) is 4.89. The fourth-order valence-corrected chi connectivity index (χ4v) is 2.58. The smallest absolute Gasteiger partial charge is 0.0948 e. The molecular weight excluding hydrogens is 414 g/mol. The molecule has 0 aliphatic rings. The third-order valence-electron chi connectivity index (χ3n) is 2.36. The Bertz CT molecular complexity index is 293. The number of hydrogen-bond acceptors (Lipinski definition) is 1. The highest BCUT2D eigenvalue weighted by molar-refractivity contribution is 14.1. The molecule has 1 rings (SSSR count). The minimum Gasteiger partial charge on any atom is -0.333 e. The second-order valence-corrected chi connectivity index (χ2v) is 10.7. The molecule has 0 saturated heterocycles. The van der Waals surface area contributed by atoms with Crippen molar-refractivity contribution >= 4 is 45.2 Å². The summed E-state index contributed by atoms with van der Waals surface area (Å²) >= 11 is 5.05. The highest BCUT2D eigenvalue weighted by Gasteiger charge is 2.32. The second-order valence-electron chi connectivity index (χ2n) is 5.01. The summed E-state index contributed by atoms with van der Waals surface area (Å²) in [6.07, 6.45) is 7.00. The van der Waals surface area contributed by atoms with E-state index in [0.29, 0.717) is 9.46 Å². The standard InChI is InChI=1S/C11H18I2N2/c1-10(2,12)7-9(11(3,4)13)15-6-5-14-8-15/h5-6,8-9H,7H2,1-4H3. The lowest BCUT2D eigenvalue weighted by molar-refractivity contribution is 0.375. The van der Waals surface area contributed by atoms with Crippen molar-refractivity contribution in [1.82, 2.24) is 9.55 Å². The van der Waals surface area contributed by atoms with Crippen molar-refractivity contribution in [2.75, 3.05) is 0 Å². The minimum absolute atomic E-state index is 0.237. The van der Waals surface area contributed by atoms with Crippen LogP contribution < -0.4 is 0 Å². The first-order valence-electron chi connectivity index (χ1n) is 5.05. The number of halogens is 2. The van der Waals surface area contributed by atoms with Gasteiger partial charge in [-0.15, -0.1) is 0 Å². The van der Waals surface area contributed by atoms with Crippen LogP contribution in [0, 0.1) is 0 Å². The molecule has 1 aromatic rings. The first-order chi connectivity index (χ1) is 6.70. The van der Waals surface area contributed by atoms with Crippen LogP contribution in [0.5, 0.6) is 0 Å². The number of aromatic nitrogens is 2. The fourth-order valence-electron chi connectivity index (χ4n) is 1.62. The van der Waals surface area contributed by atoms with Crippen LogP contribution in [-0.4, -0.2) is 16.4 Å². The van der Waals surface area contributed by atoms with E-state index in [1.807, 2.05) is 12.5 Å². The molecule has 0 fully saturated rings. The molecule has 15 heavy (non-hydrogen) atoms. The van der Waals surface area contributed by atoms with Gasteiger partial charge in [-0.3, -0.25) is 0 Å². The summed E-state index contributed by atoms with van der Waals surface area (Å²) in [6.45, 7) is 9.11. The lowest BCUT2D eigenvalue weighted by Gasteiger charge is -2.34. The summed E-state index contributed by atoms with van der Waals surface area (Å²) < 4.78 is 2.78. The van der Waals surface area contributed by atoms with Gasteiger partial charge >= 0.3 is 0 Å². The molecule has 0 aliphatic heterocycles. The van der Waals surface area contributed by atoms with Crippen LogP contribution in [0.25, 0.3) is 0 Å². The van der Waals surface area contributed by atoms with Gasteiger partial charge in [-0.1, -0.05) is 59.0 Å². The third kappa shape index (κ3) is 4.58. The Morgan fingerprint density at radius 2 is 1.87 bits per heavy atom. The maximum absolute atomic E-state index is 4.14. The van der Waals surface area contributed by atoms with Crippen LogP contribution in [0.4, 0.5) is 0 Å². The lowest BCUT2D eigenvalue weighted by Crippen LogP contribution is -2.31. The summed E-state index contributed by atoms with van der Waals surface area (Å²) in [5, 5.41) is 0. The van der Waals surface area contributed by atoms with Crippen molar-refractivity contribution in [1.29, 1.82) is 0 Å². The molecule has 0 aromatic carbocycles. The van der Waals surface area contributed by atoms with Gasteiger partial charge in [-0.2, -0.15) is 0 Å². The van der Waals surface area contributed by atoms with Crippen LogP contribution in [0.15, 0.2) is 18.7 Å². The zero-order valence-corrected chi connectivity index (χ0v) is 14.0. The van der Waals surface area contributed by atoms with Gasteiger partial charge in [0.15, 0.2) is 0 Å². The zero-order chi connectivity index (χ0) is 11.7. The molecule has 1 heterocycles. The van der Waals surface area contributed by atoms with Gasteiger partial charge in [0.2, 0.25) is 0 Å². The molecule has 1 aromatic heterocycles. The summed E-state index contributed by atoms with van der Waals surface area (Å²) in [6, 6.07) is 0.493. The van der Waals surface area contributed by atoms with E-state index in [2.05, 4.69) is 88.6 Å². The Morgan fingerprint density at radius 3 is 2.20 bits per heavy atom. The van der Waals surface area contributed by atoms with E-state index in [4.69, 9.17) is 0 Å². The Morgan fingerprint density at radius 1 is 1.27 bits per heavy atom. The van der Waals surface area contributed by atoms with Crippen LogP contribution >= 0.6 is 45.2 Å². The zero-order valence-electron chi connectivity index (χ0n) is 9.67. The number of rotatable bonds is 4. The predicted octanol–water partition coefficient (Wildman–Crippen LogP) is 4.24. The Hall–Kier alpha value is 0.670. The number of hydrogen-bond donors (Lipinski definition) is 0. The Labute approximate surface area is 120 Å². The van der Waals surface area contributed by atoms with E-state index in [9.17, 15) is 0 Å². The van der Waals surface area contributed by atoms with Gasteiger partial charge < -0.3 is 4.57 Å². The molecule has 0 aliphatic carbocycles. The van der Waals surface area contributed by atoms with Crippen molar-refractivity contribution < 1.29 is 0 Å². The van der Waals surface area contributed by atoms with E-state index in [-0.39, 0.29) is 3.42 Å². The van der Waals surface area contributed by atoms with Crippen molar-refractivity contribution in [3.05, 3.63) is 18.7 Å². The fraction of sp³-hybridized carbons (Fsp3) is 0.727. The largest absolute Gasteiger partial charge is 0.333 e. The first-order valence-corrected chi connectivity index (χ1v) is 7.21. The summed E-state index contributed by atoms with van der Waals surface area (Å²) in [5.74, 6) is 0. The lowest BCUT2D eigenvalue weighted by atomic mass is 9.94. The molecule has 4 heteroatoms. The van der Waals surface area contributed by atoms with E-state index in [0.717, 1.165) is 6.42 Å². The van der Waals surface area contributed by atoms with E-state index in [1.54, 1.807) is 0 Å². The van der Waals surface area contributed by atoms with Crippen LogP contribution in [-0.2, 0) is 0 Å². The third-order valence-corrected chi connectivity index (χ3v) is 3.52. The molecule has 0 saturated carbocycles. The maximum atomic E-state index is 4.14. The quantitative estimate of drug-likeness (QED) is 0.515. The number of alkyl halides is 2. The van der Waals surface area contributed by atoms with E-state index < -0.39 is 0 Å². The highest BCUT2D eigenvalue weighted by atomic mass is 127. The van der Waals surface area contributed by atoms with Crippen LogP contribution in [0.1, 0.15) is 40.2 Å². The van der Waals surface area contributed by atoms with E-state index in [1.165, 1.54) is 0 Å². The van der Waals surface area contributed by atoms with Gasteiger partial charge in [0.05, 0.1) is 6.33 Å². The van der Waals surface area contributed by atoms with Crippen LogP contribution in [0.2, 0.25) is 0 Å². The molecule has 0 bridgehead atoms. The van der Waals surface area contributed by atoms with E-state index >= 15 is 0 Å². The molecule has 1 atom stereocenters. The molecule has 0 amide bonds. The molecule has 2 nitrogen and oxygen atoms in total. The van der Waals surface area contributed by atoms with Crippen molar-refractivity contribution in [3.63, 3.8) is 0 Å². The molecule has 0 spiro atoms. The summed E-state index contributed by atoms with van der Waals surface area (Å²) in [5.41, 5.74) is 0. The van der Waals surface area contributed by atoms with Gasteiger partial charge in [0, 0.05) is 25.3 Å². The Balaban J connectivity index is 2.90. The van der Waals surface area contributed by atoms with Crippen molar-refractivity contribution in [2.24, 2.45) is 0 Å². The SMILES string of the molecule is CC(C)(I)CC(n1ccnc1)C(C)(C)I. The highest BCUT2D eigenvalue weighted by Crippen LogP contribution is 2.39. The van der Waals surface area contributed by atoms with Gasteiger partial charge in [0.1, 0.15) is 0 Å². The van der Waals surface area contributed by atoms with Gasteiger partial charge in [-0.25, -0.2) is 4.98 Å². The predicted molar refractivity (Wildman–Crippen MR) is 82.1 cm³/mol. The average Bonchev–Trinajstić information content (AvgIpc) is 2.47. The molecule has 0 N–H and O–H groups in total. The maximum Gasteiger partial charge on any atom is 0.0948 e. The topological polar surface area (TPSA) is 17.8 Å². The van der Waals surface area contributed by atoms with Crippen molar-refractivity contribution in [2.45, 2.75) is 47.0 Å². The number of nitrogens with zero attached hydrogens (tertiary/aromatic N) is 2. The average molecular weight is 432 g/mol. The normalized spacial score (nSPS) is 15.3. The van der Waals surface area contributed by atoms with Crippen molar-refractivity contribution in [3.8, 4) is 0 Å². The number of imidazole rings is 1. The van der Waals surface area contributed by atoms with Gasteiger partial charge in [-0.05, 0) is 20.3 Å². The molecular formula is C11H18I2N2. The molecule has 1 unspecified atom stereocenters. The van der Waals surface area contributed by atoms with Gasteiger partial charge in [0.25, 0.3) is 0 Å². The summed E-state index contributed by atoms with van der Waals surface area (Å²) in [7, 11) is 0. The minimum atomic E-state index is 0.237. The molecule has 0 radical (unpaired) electrons. The first kappa shape index (κ1) is 13.7. The molecule has 86 valence electrons. The monoisotopic (exact) mass is 432 g/mol. The van der Waals surface area contributed by atoms with Crippen LogP contribution in [0.3, 0.4) is 0 Å².